The fourth-order valence-corrected chi connectivity index (χ4v) is 2.24. The maximum absolute atomic E-state index is 6.08. The van der Waals surface area contributed by atoms with Gasteiger partial charge in [-0.2, -0.15) is 0 Å². The molecule has 2 N–H and O–H groups in total. The molecule has 0 aliphatic heterocycles. The minimum absolute atomic E-state index is 0.395. The van der Waals surface area contributed by atoms with E-state index in [1.54, 1.807) is 30.3 Å². The van der Waals surface area contributed by atoms with E-state index in [1.165, 1.54) is 6.33 Å². The predicted octanol–water partition coefficient (Wildman–Crippen LogP) is 4.31. The van der Waals surface area contributed by atoms with Crippen LogP contribution in [0.1, 0.15) is 0 Å². The van der Waals surface area contributed by atoms with Crippen molar-refractivity contribution < 1.29 is 4.74 Å². The highest BCUT2D eigenvalue weighted by molar-refractivity contribution is 6.35. The second kappa shape index (κ2) is 5.15. The molecule has 2 aromatic carbocycles. The molecule has 1 heterocycles. The van der Waals surface area contributed by atoms with Crippen LogP contribution in [-0.4, -0.2) is 9.97 Å². The summed E-state index contributed by atoms with van der Waals surface area (Å²) in [5.74, 6) is 0.866. The van der Waals surface area contributed by atoms with E-state index in [0.717, 1.165) is 10.9 Å². The van der Waals surface area contributed by atoms with Gasteiger partial charge in [0.2, 0.25) is 5.88 Å². The molecule has 3 aromatic rings. The molecule has 0 aliphatic carbocycles. The minimum Gasteiger partial charge on any atom is -0.437 e. The lowest BCUT2D eigenvalue weighted by molar-refractivity contribution is 0.468. The first kappa shape index (κ1) is 13.0. The average Bonchev–Trinajstić information content (AvgIpc) is 2.42. The first-order valence-electron chi connectivity index (χ1n) is 5.76. The zero-order valence-electron chi connectivity index (χ0n) is 10.2. The Morgan fingerprint density at radius 1 is 1.00 bits per heavy atom. The summed E-state index contributed by atoms with van der Waals surface area (Å²) in [7, 11) is 0. The van der Waals surface area contributed by atoms with E-state index in [-0.39, 0.29) is 0 Å². The summed E-state index contributed by atoms with van der Waals surface area (Å²) >= 11 is 11.9. The van der Waals surface area contributed by atoms with Crippen molar-refractivity contribution in [3.8, 4) is 11.6 Å². The van der Waals surface area contributed by atoms with Gasteiger partial charge in [0.15, 0.2) is 0 Å². The highest BCUT2D eigenvalue weighted by Gasteiger charge is 2.09. The van der Waals surface area contributed by atoms with Crippen molar-refractivity contribution in [2.24, 2.45) is 0 Å². The zero-order chi connectivity index (χ0) is 14.1. The van der Waals surface area contributed by atoms with Gasteiger partial charge in [-0.05, 0) is 36.4 Å². The van der Waals surface area contributed by atoms with Crippen LogP contribution in [0.3, 0.4) is 0 Å². The molecule has 0 spiro atoms. The van der Waals surface area contributed by atoms with Crippen molar-refractivity contribution in [3.63, 3.8) is 0 Å². The number of nitrogen functional groups attached to an aromatic ring is 1. The number of rotatable bonds is 2. The summed E-state index contributed by atoms with van der Waals surface area (Å²) in [4.78, 5) is 8.29. The lowest BCUT2D eigenvalue weighted by atomic mass is 10.2. The molecule has 100 valence electrons. The molecule has 0 amide bonds. The van der Waals surface area contributed by atoms with Crippen LogP contribution in [0.4, 0.5) is 5.69 Å². The number of fused-ring (bicyclic) bond motifs is 1. The van der Waals surface area contributed by atoms with Crippen LogP contribution in [0.5, 0.6) is 11.6 Å². The fourth-order valence-electron chi connectivity index (χ4n) is 1.79. The molecule has 1 aromatic heterocycles. The molecule has 0 radical (unpaired) electrons. The topological polar surface area (TPSA) is 61.0 Å². The normalized spacial score (nSPS) is 10.7. The molecule has 3 rings (SSSR count). The number of aromatic nitrogens is 2. The Kier molecular flexibility index (Phi) is 3.34. The smallest absolute Gasteiger partial charge is 0.230 e. The van der Waals surface area contributed by atoms with Gasteiger partial charge in [0, 0.05) is 10.7 Å². The molecule has 4 nitrogen and oxygen atoms in total. The van der Waals surface area contributed by atoms with Gasteiger partial charge in [-0.15, -0.1) is 0 Å². The van der Waals surface area contributed by atoms with Gasteiger partial charge in [0.25, 0.3) is 0 Å². The van der Waals surface area contributed by atoms with Gasteiger partial charge in [0.1, 0.15) is 12.1 Å². The third-order valence-corrected chi connectivity index (χ3v) is 3.25. The van der Waals surface area contributed by atoms with Crippen LogP contribution < -0.4 is 10.5 Å². The van der Waals surface area contributed by atoms with Crippen molar-refractivity contribution in [2.75, 3.05) is 5.73 Å². The number of benzene rings is 2. The molecular weight excluding hydrogens is 297 g/mol. The standard InChI is InChI=1S/C14H9Cl2N3O/c15-8-1-4-13(11(16)5-8)20-14-10-6-9(17)2-3-12(10)18-7-19-14/h1-7H,17H2. The van der Waals surface area contributed by atoms with Crippen LogP contribution in [0.25, 0.3) is 10.9 Å². The summed E-state index contributed by atoms with van der Waals surface area (Å²) in [6.45, 7) is 0. The third-order valence-electron chi connectivity index (χ3n) is 2.72. The molecule has 0 bridgehead atoms. The van der Waals surface area contributed by atoms with E-state index >= 15 is 0 Å². The molecular formula is C14H9Cl2N3O. The van der Waals surface area contributed by atoms with Crippen molar-refractivity contribution in [1.29, 1.82) is 0 Å². The molecule has 0 unspecified atom stereocenters. The Hall–Kier alpha value is -2.04. The number of halogens is 2. The number of nitrogens with two attached hydrogens (primary N) is 1. The SMILES string of the molecule is Nc1ccc2ncnc(Oc3ccc(Cl)cc3Cl)c2c1. The van der Waals surface area contributed by atoms with Gasteiger partial charge < -0.3 is 10.5 Å². The Labute approximate surface area is 125 Å². The average molecular weight is 306 g/mol. The fraction of sp³-hybridized carbons (Fsp3) is 0. The molecule has 0 aliphatic rings. The van der Waals surface area contributed by atoms with E-state index in [9.17, 15) is 0 Å². The maximum Gasteiger partial charge on any atom is 0.230 e. The molecule has 0 fully saturated rings. The minimum atomic E-state index is 0.395. The van der Waals surface area contributed by atoms with E-state index in [1.807, 2.05) is 6.07 Å². The van der Waals surface area contributed by atoms with Gasteiger partial charge in [-0.3, -0.25) is 0 Å². The van der Waals surface area contributed by atoms with Crippen LogP contribution in [0, 0.1) is 0 Å². The second-order valence-corrected chi connectivity index (χ2v) is 4.98. The van der Waals surface area contributed by atoms with Gasteiger partial charge >= 0.3 is 0 Å². The Morgan fingerprint density at radius 3 is 2.65 bits per heavy atom. The first-order valence-corrected chi connectivity index (χ1v) is 6.52. The number of nitrogens with zero attached hydrogens (tertiary/aromatic N) is 2. The Balaban J connectivity index is 2.08. The summed E-state index contributed by atoms with van der Waals surface area (Å²) in [5.41, 5.74) is 7.14. The molecule has 0 saturated carbocycles. The molecule has 0 saturated heterocycles. The van der Waals surface area contributed by atoms with Crippen molar-refractivity contribution in [3.05, 3.63) is 52.8 Å². The summed E-state index contributed by atoms with van der Waals surface area (Å²) in [5, 5.41) is 1.67. The van der Waals surface area contributed by atoms with E-state index in [0.29, 0.717) is 27.4 Å². The zero-order valence-corrected chi connectivity index (χ0v) is 11.7. The predicted molar refractivity (Wildman–Crippen MR) is 80.5 cm³/mol. The first-order chi connectivity index (χ1) is 9.63. The summed E-state index contributed by atoms with van der Waals surface area (Å²) in [6, 6.07) is 10.3. The van der Waals surface area contributed by atoms with Crippen LogP contribution in [0.2, 0.25) is 10.0 Å². The monoisotopic (exact) mass is 305 g/mol. The number of ether oxygens (including phenoxy) is 1. The largest absolute Gasteiger partial charge is 0.437 e. The van der Waals surface area contributed by atoms with Crippen LogP contribution in [-0.2, 0) is 0 Å². The van der Waals surface area contributed by atoms with Crippen molar-refractivity contribution in [1.82, 2.24) is 9.97 Å². The van der Waals surface area contributed by atoms with E-state index < -0.39 is 0 Å². The van der Waals surface area contributed by atoms with Gasteiger partial charge in [-0.25, -0.2) is 9.97 Å². The molecule has 20 heavy (non-hydrogen) atoms. The highest BCUT2D eigenvalue weighted by atomic mass is 35.5. The third kappa shape index (κ3) is 2.48. The van der Waals surface area contributed by atoms with Gasteiger partial charge in [0.05, 0.1) is 15.9 Å². The van der Waals surface area contributed by atoms with Gasteiger partial charge in [-0.1, -0.05) is 23.2 Å². The van der Waals surface area contributed by atoms with E-state index in [2.05, 4.69) is 9.97 Å². The van der Waals surface area contributed by atoms with Crippen molar-refractivity contribution in [2.45, 2.75) is 0 Å². The maximum atomic E-state index is 6.08. The molecule has 0 atom stereocenters. The lowest BCUT2D eigenvalue weighted by Crippen LogP contribution is -1.93. The number of hydrogen-bond donors (Lipinski definition) is 1. The van der Waals surface area contributed by atoms with Crippen LogP contribution >= 0.6 is 23.2 Å². The Morgan fingerprint density at radius 2 is 1.85 bits per heavy atom. The number of anilines is 1. The van der Waals surface area contributed by atoms with E-state index in [4.69, 9.17) is 33.7 Å². The number of hydrogen-bond acceptors (Lipinski definition) is 4. The lowest BCUT2D eigenvalue weighted by Gasteiger charge is -2.09. The quantitative estimate of drug-likeness (QED) is 0.717. The Bertz CT molecular complexity index is 792. The summed E-state index contributed by atoms with van der Waals surface area (Å²) in [6.07, 6.45) is 1.43. The summed E-state index contributed by atoms with van der Waals surface area (Å²) < 4.78 is 5.74. The van der Waals surface area contributed by atoms with Crippen molar-refractivity contribution >= 4 is 39.8 Å². The second-order valence-electron chi connectivity index (χ2n) is 4.13. The van der Waals surface area contributed by atoms with Crippen LogP contribution in [0.15, 0.2) is 42.7 Å². The molecule has 6 heteroatoms. The highest BCUT2D eigenvalue weighted by Crippen LogP contribution is 2.33.